The highest BCUT2D eigenvalue weighted by atomic mass is 79.9. The van der Waals surface area contributed by atoms with Crippen molar-refractivity contribution in [3.05, 3.63) is 85.2 Å². The third kappa shape index (κ3) is 6.45. The van der Waals surface area contributed by atoms with E-state index in [9.17, 15) is 9.90 Å². The largest absolute Gasteiger partial charge is 0.871 e. The van der Waals surface area contributed by atoms with Crippen molar-refractivity contribution in [1.29, 1.82) is 0 Å². The zero-order chi connectivity index (χ0) is 24.9. The van der Waals surface area contributed by atoms with Crippen LogP contribution in [0.25, 0.3) is 17.1 Å². The molecule has 35 heavy (non-hydrogen) atoms. The smallest absolute Gasteiger partial charge is 0.342 e. The van der Waals surface area contributed by atoms with Gasteiger partial charge in [-0.15, -0.1) is 5.10 Å². The van der Waals surface area contributed by atoms with Gasteiger partial charge in [0.15, 0.2) is 0 Å². The summed E-state index contributed by atoms with van der Waals surface area (Å²) in [5.41, 5.74) is 4.46. The second-order valence-electron chi connectivity index (χ2n) is 7.06. The number of hydrazone groups is 1. The highest BCUT2D eigenvalue weighted by molar-refractivity contribution is 9.11. The number of rotatable bonds is 7. The molecule has 0 saturated carbocycles. The average molecular weight is 656 g/mol. The summed E-state index contributed by atoms with van der Waals surface area (Å²) < 4.78 is 3.01. The lowest BCUT2D eigenvalue weighted by atomic mass is 10.2. The van der Waals surface area contributed by atoms with Crippen molar-refractivity contribution in [1.82, 2.24) is 15.6 Å². The highest BCUT2D eigenvalue weighted by Crippen LogP contribution is 2.28. The standard InChI is InChI=1S/C23H15Br2Cl2N5O2S/c24-15-9-14(21(34)19(25)10-15)11-28-29-20(33)12-35-23-31-30-22(13-1-3-16(26)4-2-13)32(23)18-7-5-17(27)6-8-18/h1-11H,12H2,(H2,28,29,33,34). The molecule has 0 aliphatic carbocycles. The van der Waals surface area contributed by atoms with Crippen molar-refractivity contribution in [3.8, 4) is 22.8 Å². The second kappa shape index (κ2) is 11.6. The minimum Gasteiger partial charge on any atom is -0.871 e. The van der Waals surface area contributed by atoms with Gasteiger partial charge in [0.05, 0.1) is 22.6 Å². The van der Waals surface area contributed by atoms with Crippen molar-refractivity contribution in [2.75, 3.05) is 5.75 Å². The quantitative estimate of drug-likeness (QED) is 0.119. The van der Waals surface area contributed by atoms with Crippen molar-refractivity contribution in [2.45, 2.75) is 5.16 Å². The Hall–Kier alpha value is -2.37. The van der Waals surface area contributed by atoms with Gasteiger partial charge < -0.3 is 5.11 Å². The number of aromatic nitrogens is 3. The summed E-state index contributed by atoms with van der Waals surface area (Å²) >= 11 is 19.9. The van der Waals surface area contributed by atoms with Crippen LogP contribution >= 0.6 is 66.8 Å². The van der Waals surface area contributed by atoms with Crippen LogP contribution in [0, 0.1) is 0 Å². The monoisotopic (exact) mass is 653 g/mol. The molecular formula is C23H15Br2Cl2N5O2S. The van der Waals surface area contributed by atoms with Gasteiger partial charge in [-0.1, -0.05) is 60.8 Å². The van der Waals surface area contributed by atoms with Crippen LogP contribution in [0.15, 0.2) is 79.9 Å². The first-order valence-electron chi connectivity index (χ1n) is 9.95. The fraction of sp³-hybridized carbons (Fsp3) is 0.0435. The van der Waals surface area contributed by atoms with E-state index in [1.54, 1.807) is 36.4 Å². The zero-order valence-electron chi connectivity index (χ0n) is 17.6. The van der Waals surface area contributed by atoms with Crippen molar-refractivity contribution < 1.29 is 14.5 Å². The first-order chi connectivity index (χ1) is 16.8. The van der Waals surface area contributed by atoms with E-state index in [0.29, 0.717) is 35.5 Å². The Kier molecular flexibility index (Phi) is 8.51. The van der Waals surface area contributed by atoms with E-state index >= 15 is 0 Å². The number of halogens is 4. The Labute approximate surface area is 231 Å². The first-order valence-corrected chi connectivity index (χ1v) is 13.3. The third-order valence-corrected chi connectivity index (χ3v) is 7.13. The number of carbonyl (C=O) groups is 1. The number of H-pyrrole nitrogens is 1. The van der Waals surface area contributed by atoms with E-state index in [1.807, 2.05) is 28.8 Å². The molecule has 0 aliphatic heterocycles. The van der Waals surface area contributed by atoms with E-state index in [-0.39, 0.29) is 17.4 Å². The number of thioether (sulfide) groups is 1. The molecule has 0 bridgehead atoms. The van der Waals surface area contributed by atoms with Crippen molar-refractivity contribution in [2.24, 2.45) is 5.10 Å². The second-order valence-corrected chi connectivity index (χ2v) is 10.6. The molecule has 1 heterocycles. The van der Waals surface area contributed by atoms with Crippen LogP contribution in [0.1, 0.15) is 5.56 Å². The summed E-state index contributed by atoms with van der Waals surface area (Å²) in [7, 11) is 0. The fourth-order valence-corrected chi connectivity index (χ4v) is 5.31. The maximum Gasteiger partial charge on any atom is 0.342 e. The van der Waals surface area contributed by atoms with E-state index in [2.05, 4.69) is 52.6 Å². The molecule has 0 radical (unpaired) electrons. The molecule has 4 aromatic rings. The Morgan fingerprint density at radius 2 is 1.77 bits per heavy atom. The van der Waals surface area contributed by atoms with Crippen molar-refractivity contribution >= 4 is 78.9 Å². The number of benzene rings is 3. The van der Waals surface area contributed by atoms with Crippen LogP contribution < -0.4 is 15.1 Å². The molecule has 2 N–H and O–H groups in total. The van der Waals surface area contributed by atoms with E-state index in [4.69, 9.17) is 23.2 Å². The molecule has 0 atom stereocenters. The Morgan fingerprint density at radius 1 is 1.11 bits per heavy atom. The molecule has 178 valence electrons. The summed E-state index contributed by atoms with van der Waals surface area (Å²) in [6.07, 6.45) is 1.31. The lowest BCUT2D eigenvalue weighted by molar-refractivity contribution is -0.625. The number of nitrogens with zero attached hydrogens (tertiary/aromatic N) is 3. The number of hydrogen-bond acceptors (Lipinski definition) is 5. The van der Waals surface area contributed by atoms with Crippen LogP contribution in [0.5, 0.6) is 5.75 Å². The van der Waals surface area contributed by atoms with Gasteiger partial charge in [0.25, 0.3) is 11.7 Å². The maximum atomic E-state index is 12.4. The molecule has 0 aliphatic rings. The minimum absolute atomic E-state index is 0.0439. The van der Waals surface area contributed by atoms with Gasteiger partial charge in [-0.2, -0.15) is 9.67 Å². The van der Waals surface area contributed by atoms with E-state index < -0.39 is 0 Å². The number of nitrogens with one attached hydrogen (secondary N) is 2. The minimum atomic E-state index is -0.355. The molecule has 0 spiro atoms. The van der Waals surface area contributed by atoms with Crippen LogP contribution in [0.2, 0.25) is 10.0 Å². The fourth-order valence-electron chi connectivity index (χ4n) is 3.04. The zero-order valence-corrected chi connectivity index (χ0v) is 23.1. The Balaban J connectivity index is 1.51. The molecule has 0 saturated heterocycles. The summed E-state index contributed by atoms with van der Waals surface area (Å²) in [5, 5.41) is 25.3. The van der Waals surface area contributed by atoms with Gasteiger partial charge in [-0.05, 0) is 78.0 Å². The van der Waals surface area contributed by atoms with Crippen LogP contribution in [-0.2, 0) is 4.79 Å². The molecule has 12 heteroatoms. The summed E-state index contributed by atoms with van der Waals surface area (Å²) in [6.45, 7) is 0. The number of carbonyl (C=O) groups excluding carboxylic acids is 1. The lowest BCUT2D eigenvalue weighted by Crippen LogP contribution is -2.34. The van der Waals surface area contributed by atoms with Crippen LogP contribution in [0.4, 0.5) is 0 Å². The SMILES string of the molecule is O=C(CSc1n[nH]c(-c2ccc(Cl)cc2)[n+]1-c1ccc(Cl)cc1)NN=Cc1cc(Br)cc(Br)c1[O-]. The first kappa shape index (κ1) is 25.7. The number of hydrogen-bond donors (Lipinski definition) is 2. The Bertz CT molecular complexity index is 1400. The summed E-state index contributed by atoms with van der Waals surface area (Å²) in [6, 6.07) is 17.9. The number of amides is 1. The number of aromatic amines is 1. The van der Waals surface area contributed by atoms with Gasteiger partial charge in [0.1, 0.15) is 5.69 Å². The third-order valence-electron chi connectivity index (χ3n) is 4.64. The molecule has 0 unspecified atom stereocenters. The van der Waals surface area contributed by atoms with Gasteiger partial charge in [0, 0.05) is 19.0 Å². The molecular weight excluding hydrogens is 641 g/mol. The van der Waals surface area contributed by atoms with E-state index in [1.165, 1.54) is 18.0 Å². The van der Waals surface area contributed by atoms with E-state index in [0.717, 1.165) is 11.3 Å². The molecule has 1 amide bonds. The van der Waals surface area contributed by atoms with Gasteiger partial charge in [-0.25, -0.2) is 5.43 Å². The van der Waals surface area contributed by atoms with Crippen LogP contribution in [0.3, 0.4) is 0 Å². The topological polar surface area (TPSA) is 97.1 Å². The van der Waals surface area contributed by atoms with Gasteiger partial charge in [-0.3, -0.25) is 4.79 Å². The average Bonchev–Trinajstić information content (AvgIpc) is 3.25. The maximum absolute atomic E-state index is 12.4. The van der Waals surface area contributed by atoms with Crippen molar-refractivity contribution in [3.63, 3.8) is 0 Å². The lowest BCUT2D eigenvalue weighted by Gasteiger charge is -2.12. The predicted octanol–water partition coefficient (Wildman–Crippen LogP) is 5.50. The molecule has 0 fully saturated rings. The molecule has 3 aromatic carbocycles. The van der Waals surface area contributed by atoms with Gasteiger partial charge >= 0.3 is 5.16 Å². The van der Waals surface area contributed by atoms with Crippen LogP contribution in [-0.4, -0.2) is 28.1 Å². The highest BCUT2D eigenvalue weighted by Gasteiger charge is 2.24. The van der Waals surface area contributed by atoms with Gasteiger partial charge in [0.2, 0.25) is 0 Å². The predicted molar refractivity (Wildman–Crippen MR) is 143 cm³/mol. The Morgan fingerprint density at radius 3 is 2.46 bits per heavy atom. The molecule has 7 nitrogen and oxygen atoms in total. The normalized spacial score (nSPS) is 11.2. The molecule has 4 rings (SSSR count). The summed E-state index contributed by atoms with van der Waals surface area (Å²) in [5.74, 6) is 0.179. The molecule has 1 aromatic heterocycles. The summed E-state index contributed by atoms with van der Waals surface area (Å²) in [4.78, 5) is 12.4.